The van der Waals surface area contributed by atoms with Crippen molar-refractivity contribution in [1.82, 2.24) is 30.4 Å². The number of carbonyl (C=O) groups is 4. The zero-order valence-corrected chi connectivity index (χ0v) is 21.9. The molecule has 1 saturated heterocycles. The molecule has 0 spiro atoms. The Hall–Kier alpha value is -1.47. The van der Waals surface area contributed by atoms with Crippen LogP contribution in [-0.4, -0.2) is 83.0 Å². The summed E-state index contributed by atoms with van der Waals surface area (Å²) in [6.45, 7) is 0.131. The SMILES string of the molecule is NC(=O)CCn1nnnc1SCC1=C(C(=O)[O-])N2C(=O)C(NC(=O)CSC(F)(F)F)[C@H]2SC1.[Na+]. The van der Waals surface area contributed by atoms with E-state index >= 15 is 0 Å². The predicted octanol–water partition coefficient (Wildman–Crippen LogP) is -4.70. The van der Waals surface area contributed by atoms with Gasteiger partial charge in [0.25, 0.3) is 5.91 Å². The number of nitrogens with two attached hydrogens (primary N) is 1. The molecule has 1 fully saturated rings. The Balaban J connectivity index is 0.00000408. The number of β-lactam (4-membered cyclic amide) rings is 1. The number of aliphatic carboxylic acids is 1. The summed E-state index contributed by atoms with van der Waals surface area (Å²) in [4.78, 5) is 47.9. The molecule has 180 valence electrons. The van der Waals surface area contributed by atoms with Crippen LogP contribution < -0.4 is 45.7 Å². The number of nitrogens with zero attached hydrogens (tertiary/aromatic N) is 5. The third kappa shape index (κ3) is 7.03. The van der Waals surface area contributed by atoms with Crippen molar-refractivity contribution in [2.75, 3.05) is 17.3 Å². The third-order valence-electron chi connectivity index (χ3n) is 4.37. The number of fused-ring (bicyclic) bond motifs is 1. The summed E-state index contributed by atoms with van der Waals surface area (Å²) in [7, 11) is 0. The molecule has 3 amide bonds. The van der Waals surface area contributed by atoms with Crippen molar-refractivity contribution in [3.05, 3.63) is 11.3 Å². The van der Waals surface area contributed by atoms with Gasteiger partial charge in [-0.1, -0.05) is 11.8 Å². The molecule has 2 atom stereocenters. The van der Waals surface area contributed by atoms with Crippen LogP contribution in [0, 0.1) is 0 Å². The molecule has 3 rings (SSSR count). The van der Waals surface area contributed by atoms with Crippen molar-refractivity contribution in [2.24, 2.45) is 5.73 Å². The number of carboxylic acids is 1. The number of nitrogens with one attached hydrogen (secondary N) is 1. The van der Waals surface area contributed by atoms with Gasteiger partial charge in [-0.2, -0.15) is 13.2 Å². The van der Waals surface area contributed by atoms with E-state index < -0.39 is 58.1 Å². The molecule has 0 bridgehead atoms. The van der Waals surface area contributed by atoms with Gasteiger partial charge in [0, 0.05) is 17.9 Å². The van der Waals surface area contributed by atoms with Crippen LogP contribution >= 0.6 is 35.3 Å². The van der Waals surface area contributed by atoms with E-state index in [0.717, 1.165) is 28.4 Å². The van der Waals surface area contributed by atoms with Crippen LogP contribution in [0.4, 0.5) is 13.2 Å². The Morgan fingerprint density at radius 1 is 1.32 bits per heavy atom. The largest absolute Gasteiger partial charge is 1.00 e. The van der Waals surface area contributed by atoms with Crippen molar-refractivity contribution < 1.29 is 67.0 Å². The molecule has 1 aromatic heterocycles. The molecular weight excluding hydrogens is 534 g/mol. The van der Waals surface area contributed by atoms with Crippen LogP contribution in [0.3, 0.4) is 0 Å². The maximum absolute atomic E-state index is 12.5. The number of hydrogen-bond acceptors (Lipinski definition) is 11. The number of halogens is 3. The number of amides is 3. The second kappa shape index (κ2) is 12.0. The van der Waals surface area contributed by atoms with Crippen molar-refractivity contribution in [2.45, 2.75) is 35.0 Å². The number of alkyl halides is 3. The smallest absolute Gasteiger partial charge is 0.543 e. The van der Waals surface area contributed by atoms with Crippen LogP contribution in [0.25, 0.3) is 0 Å². The van der Waals surface area contributed by atoms with Crippen LogP contribution in [-0.2, 0) is 25.7 Å². The standard InChI is InChI=1S/C15H16F3N7O5S3.Na/c16-15(17,18)33-5-8(27)20-9-11(28)25-10(13(29)30)6(3-31-12(9)25)4-32-14-21-22-23-24(14)2-1-7(19)26;/h9,12H,1-5H2,(H2,19,26)(H,20,27)(H,29,30);/q;+1/p-1/t9?,12-;/m1./s1. The maximum atomic E-state index is 12.5. The normalized spacial score (nSPS) is 19.7. The van der Waals surface area contributed by atoms with Gasteiger partial charge in [-0.15, -0.1) is 16.9 Å². The first kappa shape index (κ1) is 28.8. The Labute approximate surface area is 224 Å². The topological polar surface area (TPSA) is 176 Å². The summed E-state index contributed by atoms with van der Waals surface area (Å²) < 4.78 is 38.1. The van der Waals surface area contributed by atoms with Crippen LogP contribution in [0.5, 0.6) is 0 Å². The number of aromatic nitrogens is 4. The number of primary amides is 1. The molecule has 12 nitrogen and oxygen atoms in total. The molecule has 2 aliphatic rings. The average molecular weight is 550 g/mol. The number of thioether (sulfide) groups is 3. The van der Waals surface area contributed by atoms with E-state index in [4.69, 9.17) is 5.73 Å². The molecule has 3 heterocycles. The van der Waals surface area contributed by atoms with Gasteiger partial charge < -0.3 is 21.0 Å². The number of rotatable bonds is 10. The zero-order valence-electron chi connectivity index (χ0n) is 17.4. The van der Waals surface area contributed by atoms with Gasteiger partial charge >= 0.3 is 35.1 Å². The number of carbonyl (C=O) groups excluding carboxylic acids is 4. The van der Waals surface area contributed by atoms with Gasteiger partial charge in [0.1, 0.15) is 11.4 Å². The number of aryl methyl sites for hydroxylation is 1. The first-order chi connectivity index (χ1) is 15.5. The summed E-state index contributed by atoms with van der Waals surface area (Å²) in [6.07, 6.45) is -0.0000103. The first-order valence-corrected chi connectivity index (χ1v) is 12.0. The Morgan fingerprint density at radius 2 is 2.03 bits per heavy atom. The van der Waals surface area contributed by atoms with Gasteiger partial charge in [-0.05, 0) is 27.8 Å². The fourth-order valence-electron chi connectivity index (χ4n) is 2.95. The van der Waals surface area contributed by atoms with Crippen molar-refractivity contribution in [1.29, 1.82) is 0 Å². The Morgan fingerprint density at radius 3 is 2.65 bits per heavy atom. The predicted molar refractivity (Wildman–Crippen MR) is 108 cm³/mol. The minimum atomic E-state index is -4.59. The van der Waals surface area contributed by atoms with E-state index in [0.29, 0.717) is 10.7 Å². The zero-order chi connectivity index (χ0) is 24.3. The van der Waals surface area contributed by atoms with E-state index in [2.05, 4.69) is 20.8 Å². The van der Waals surface area contributed by atoms with Gasteiger partial charge in [0.05, 0.1) is 24.0 Å². The summed E-state index contributed by atoms with van der Waals surface area (Å²) in [5.74, 6) is -4.56. The van der Waals surface area contributed by atoms with Crippen LogP contribution in [0.1, 0.15) is 6.42 Å². The van der Waals surface area contributed by atoms with Gasteiger partial charge in [0.2, 0.25) is 17.0 Å². The van der Waals surface area contributed by atoms with Crippen LogP contribution in [0.2, 0.25) is 0 Å². The third-order valence-corrected chi connectivity index (χ3v) is 7.49. The van der Waals surface area contributed by atoms with E-state index in [1.54, 1.807) is 0 Å². The van der Waals surface area contributed by atoms with Crippen molar-refractivity contribution >= 4 is 59.0 Å². The molecule has 0 radical (unpaired) electrons. The van der Waals surface area contributed by atoms with Crippen molar-refractivity contribution in [3.8, 4) is 0 Å². The summed E-state index contributed by atoms with van der Waals surface area (Å²) in [5, 5.41) is 24.5. The number of carboxylic acid groups (broad SMARTS) is 1. The number of tetrazole rings is 1. The van der Waals surface area contributed by atoms with E-state index in [1.807, 2.05) is 0 Å². The molecular formula is C15H15F3N7NaO5S3. The molecule has 19 heteroatoms. The fraction of sp³-hybridized carbons (Fsp3) is 0.533. The molecule has 3 N–H and O–H groups in total. The van der Waals surface area contributed by atoms with Gasteiger partial charge in [0.15, 0.2) is 0 Å². The fourth-order valence-corrected chi connectivity index (χ4v) is 5.72. The van der Waals surface area contributed by atoms with E-state index in [-0.39, 0.29) is 59.7 Å². The van der Waals surface area contributed by atoms with E-state index in [1.165, 1.54) is 4.68 Å². The quantitative estimate of drug-likeness (QED) is 0.163. The minimum absolute atomic E-state index is 0. The molecule has 1 unspecified atom stereocenters. The van der Waals surface area contributed by atoms with Gasteiger partial charge in [-0.25, -0.2) is 4.68 Å². The molecule has 0 aromatic carbocycles. The molecule has 0 saturated carbocycles. The Bertz CT molecular complexity index is 1010. The first-order valence-electron chi connectivity index (χ1n) is 9.03. The molecule has 2 aliphatic heterocycles. The molecule has 34 heavy (non-hydrogen) atoms. The second-order valence-electron chi connectivity index (χ2n) is 6.62. The summed E-state index contributed by atoms with van der Waals surface area (Å²) in [5.41, 5.74) is 0.493. The maximum Gasteiger partial charge on any atom is 1.00 e. The van der Waals surface area contributed by atoms with Gasteiger partial charge in [-0.3, -0.25) is 19.3 Å². The van der Waals surface area contributed by atoms with E-state index in [9.17, 15) is 37.5 Å². The molecule has 0 aliphatic carbocycles. The average Bonchev–Trinajstić information content (AvgIpc) is 3.19. The monoisotopic (exact) mass is 549 g/mol. The minimum Gasteiger partial charge on any atom is -0.543 e. The number of hydrogen-bond donors (Lipinski definition) is 2. The van der Waals surface area contributed by atoms with Crippen molar-refractivity contribution in [3.63, 3.8) is 0 Å². The molecule has 1 aromatic rings. The second-order valence-corrected chi connectivity index (χ2v) is 9.71. The summed E-state index contributed by atoms with van der Waals surface area (Å²) in [6, 6.07) is -1.14. The summed E-state index contributed by atoms with van der Waals surface area (Å²) >= 11 is 1.69. The Kier molecular flexibility index (Phi) is 10.1. The van der Waals surface area contributed by atoms with Crippen LogP contribution in [0.15, 0.2) is 16.4 Å².